The average molecular weight is 187 g/mol. The van der Waals surface area contributed by atoms with Crippen molar-refractivity contribution < 1.29 is 5.21 Å². The van der Waals surface area contributed by atoms with Crippen molar-refractivity contribution in [1.29, 1.82) is 0 Å². The largest absolute Gasteiger partial charge is 0.409 e. The fourth-order valence-electron chi connectivity index (χ4n) is 1.12. The van der Waals surface area contributed by atoms with E-state index in [2.05, 4.69) is 31.0 Å². The Hall–Kier alpha value is -0.770. The predicted molar refractivity (Wildman–Crippen MR) is 55.0 cm³/mol. The molecule has 0 saturated carbocycles. The van der Waals surface area contributed by atoms with E-state index in [1.165, 1.54) is 0 Å². The Morgan fingerprint density at radius 2 is 2.08 bits per heavy atom. The molecule has 13 heavy (non-hydrogen) atoms. The van der Waals surface area contributed by atoms with Crippen molar-refractivity contribution in [2.24, 2.45) is 16.8 Å². The fraction of sp³-hybridized carbons (Fsp3) is 0.889. The van der Waals surface area contributed by atoms with Crippen molar-refractivity contribution in [1.82, 2.24) is 4.90 Å². The molecule has 4 heteroatoms. The van der Waals surface area contributed by atoms with Gasteiger partial charge in [-0.15, -0.1) is 0 Å². The minimum Gasteiger partial charge on any atom is -0.409 e. The van der Waals surface area contributed by atoms with E-state index in [4.69, 9.17) is 10.9 Å². The molecular formula is C9H21N3O. The van der Waals surface area contributed by atoms with Crippen LogP contribution in [0.4, 0.5) is 0 Å². The van der Waals surface area contributed by atoms with Gasteiger partial charge in [0.15, 0.2) is 0 Å². The van der Waals surface area contributed by atoms with Gasteiger partial charge in [0.1, 0.15) is 5.84 Å². The molecule has 3 N–H and O–H groups in total. The first-order valence-electron chi connectivity index (χ1n) is 4.70. The van der Waals surface area contributed by atoms with E-state index in [0.29, 0.717) is 11.9 Å². The van der Waals surface area contributed by atoms with Crippen LogP contribution in [0.15, 0.2) is 5.16 Å². The van der Waals surface area contributed by atoms with Crippen LogP contribution in [0.3, 0.4) is 0 Å². The topological polar surface area (TPSA) is 61.8 Å². The van der Waals surface area contributed by atoms with E-state index in [-0.39, 0.29) is 5.92 Å². The average Bonchev–Trinajstić information content (AvgIpc) is 2.14. The van der Waals surface area contributed by atoms with Crippen LogP contribution in [-0.4, -0.2) is 35.6 Å². The van der Waals surface area contributed by atoms with Gasteiger partial charge in [0.2, 0.25) is 0 Å². The third kappa shape index (κ3) is 4.12. The zero-order valence-electron chi connectivity index (χ0n) is 8.99. The minimum absolute atomic E-state index is 0.101. The molecule has 78 valence electrons. The van der Waals surface area contributed by atoms with E-state index in [1.807, 2.05) is 6.92 Å². The zero-order chi connectivity index (χ0) is 10.4. The summed E-state index contributed by atoms with van der Waals surface area (Å²) in [6, 6.07) is 0.536. The Morgan fingerprint density at radius 1 is 1.54 bits per heavy atom. The molecule has 0 aliphatic heterocycles. The van der Waals surface area contributed by atoms with Crippen LogP contribution in [-0.2, 0) is 0 Å². The Bertz CT molecular complexity index is 170. The molecule has 0 spiro atoms. The predicted octanol–water partition coefficient (Wildman–Crippen LogP) is 1.10. The van der Waals surface area contributed by atoms with E-state index in [1.54, 1.807) is 0 Å². The summed E-state index contributed by atoms with van der Waals surface area (Å²) < 4.78 is 0. The fourth-order valence-corrected chi connectivity index (χ4v) is 1.12. The van der Waals surface area contributed by atoms with Crippen LogP contribution >= 0.6 is 0 Å². The quantitative estimate of drug-likeness (QED) is 0.293. The van der Waals surface area contributed by atoms with Crippen LogP contribution in [0.5, 0.6) is 0 Å². The normalized spacial score (nSPS) is 17.5. The maximum absolute atomic E-state index is 8.46. The summed E-state index contributed by atoms with van der Waals surface area (Å²) in [6.07, 6.45) is 1.11. The molecule has 0 heterocycles. The van der Waals surface area contributed by atoms with Gasteiger partial charge in [0, 0.05) is 18.5 Å². The number of nitrogens with two attached hydrogens (primary N) is 1. The van der Waals surface area contributed by atoms with Crippen molar-refractivity contribution in [3.63, 3.8) is 0 Å². The Kier molecular flexibility index (Phi) is 5.46. The summed E-state index contributed by atoms with van der Waals surface area (Å²) in [7, 11) is 2.05. The molecule has 0 aromatic carbocycles. The van der Waals surface area contributed by atoms with E-state index < -0.39 is 0 Å². The maximum Gasteiger partial charge on any atom is 0.143 e. The molecule has 0 bridgehead atoms. The smallest absolute Gasteiger partial charge is 0.143 e. The molecule has 0 aliphatic rings. The van der Waals surface area contributed by atoms with Crippen LogP contribution in [0, 0.1) is 5.92 Å². The summed E-state index contributed by atoms with van der Waals surface area (Å²) in [5.74, 6) is 0.402. The summed E-state index contributed by atoms with van der Waals surface area (Å²) in [4.78, 5) is 2.21. The molecule has 0 radical (unpaired) electrons. The lowest BCUT2D eigenvalue weighted by Crippen LogP contribution is -2.37. The van der Waals surface area contributed by atoms with E-state index in [0.717, 1.165) is 13.0 Å². The number of amidine groups is 1. The van der Waals surface area contributed by atoms with Gasteiger partial charge in [-0.3, -0.25) is 0 Å². The molecule has 0 aromatic heterocycles. The summed E-state index contributed by atoms with van der Waals surface area (Å²) in [5, 5.41) is 11.5. The van der Waals surface area contributed by atoms with Crippen molar-refractivity contribution in [3.05, 3.63) is 0 Å². The second-order valence-electron chi connectivity index (χ2n) is 3.62. The van der Waals surface area contributed by atoms with Crippen molar-refractivity contribution in [3.8, 4) is 0 Å². The molecule has 0 saturated heterocycles. The second-order valence-corrected chi connectivity index (χ2v) is 3.62. The third-order valence-corrected chi connectivity index (χ3v) is 2.53. The van der Waals surface area contributed by atoms with Gasteiger partial charge in [-0.2, -0.15) is 0 Å². The van der Waals surface area contributed by atoms with E-state index in [9.17, 15) is 0 Å². The number of rotatable bonds is 5. The van der Waals surface area contributed by atoms with Gasteiger partial charge in [0.05, 0.1) is 0 Å². The van der Waals surface area contributed by atoms with Gasteiger partial charge < -0.3 is 15.8 Å². The van der Waals surface area contributed by atoms with Gasteiger partial charge in [0.25, 0.3) is 0 Å². The standard InChI is InChI=1S/C9H21N3O/c1-5-8(3)12(4)6-7(2)9(10)11-13/h7-8,13H,5-6H2,1-4H3,(H2,10,11). The highest BCUT2D eigenvalue weighted by molar-refractivity contribution is 5.82. The Labute approximate surface area is 80.4 Å². The number of nitrogens with zero attached hydrogens (tertiary/aromatic N) is 2. The van der Waals surface area contributed by atoms with E-state index >= 15 is 0 Å². The first-order chi connectivity index (χ1) is 6.02. The number of oxime groups is 1. The molecule has 0 amide bonds. The Balaban J connectivity index is 3.98. The molecule has 0 fully saturated rings. The molecule has 0 aliphatic carbocycles. The number of hydrogen-bond acceptors (Lipinski definition) is 3. The lowest BCUT2D eigenvalue weighted by molar-refractivity contribution is 0.235. The second kappa shape index (κ2) is 5.80. The molecular weight excluding hydrogens is 166 g/mol. The van der Waals surface area contributed by atoms with Crippen molar-refractivity contribution in [2.75, 3.05) is 13.6 Å². The van der Waals surface area contributed by atoms with Gasteiger partial charge >= 0.3 is 0 Å². The van der Waals surface area contributed by atoms with Crippen LogP contribution in [0.1, 0.15) is 27.2 Å². The Morgan fingerprint density at radius 3 is 2.46 bits per heavy atom. The lowest BCUT2D eigenvalue weighted by atomic mass is 10.1. The first-order valence-corrected chi connectivity index (χ1v) is 4.70. The third-order valence-electron chi connectivity index (χ3n) is 2.53. The zero-order valence-corrected chi connectivity index (χ0v) is 8.99. The summed E-state index contributed by atoms with van der Waals surface area (Å²) in [6.45, 7) is 7.09. The summed E-state index contributed by atoms with van der Waals surface area (Å²) >= 11 is 0. The van der Waals surface area contributed by atoms with Gasteiger partial charge in [-0.05, 0) is 20.4 Å². The molecule has 4 nitrogen and oxygen atoms in total. The molecule has 2 unspecified atom stereocenters. The molecule has 0 rings (SSSR count). The maximum atomic E-state index is 8.46. The number of hydrogen-bond donors (Lipinski definition) is 2. The van der Waals surface area contributed by atoms with Gasteiger partial charge in [-0.25, -0.2) is 0 Å². The summed E-state index contributed by atoms with van der Waals surface area (Å²) in [5.41, 5.74) is 5.48. The van der Waals surface area contributed by atoms with Gasteiger partial charge in [-0.1, -0.05) is 19.0 Å². The SMILES string of the molecule is CCC(C)N(C)CC(C)/C(N)=N/O. The van der Waals surface area contributed by atoms with Crippen molar-refractivity contribution in [2.45, 2.75) is 33.2 Å². The van der Waals surface area contributed by atoms with Crippen LogP contribution in [0.2, 0.25) is 0 Å². The highest BCUT2D eigenvalue weighted by Gasteiger charge is 2.13. The van der Waals surface area contributed by atoms with Crippen LogP contribution < -0.4 is 5.73 Å². The highest BCUT2D eigenvalue weighted by atomic mass is 16.4. The molecule has 0 aromatic rings. The monoisotopic (exact) mass is 187 g/mol. The lowest BCUT2D eigenvalue weighted by Gasteiger charge is -2.26. The van der Waals surface area contributed by atoms with Crippen molar-refractivity contribution >= 4 is 5.84 Å². The highest BCUT2D eigenvalue weighted by Crippen LogP contribution is 2.04. The minimum atomic E-state index is 0.101. The molecule has 2 atom stereocenters. The van der Waals surface area contributed by atoms with Crippen LogP contribution in [0.25, 0.3) is 0 Å². The first kappa shape index (κ1) is 12.2.